The van der Waals surface area contributed by atoms with Crippen molar-refractivity contribution in [2.45, 2.75) is 24.9 Å². The molecule has 15 heavy (non-hydrogen) atoms. The predicted octanol–water partition coefficient (Wildman–Crippen LogP) is 0.327. The van der Waals surface area contributed by atoms with Crippen molar-refractivity contribution in [3.8, 4) is 0 Å². The first-order valence-corrected chi connectivity index (χ1v) is 5.43. The number of likely N-dealkylation sites (tertiary alicyclic amines) is 1. The molecule has 2 aliphatic rings. The molecule has 2 rings (SSSR count). The fraction of sp³-hybridized carbons (Fsp3) is 0.545. The molecule has 1 unspecified atom stereocenters. The summed E-state index contributed by atoms with van der Waals surface area (Å²) in [6.07, 6.45) is 10.4. The molecule has 0 aromatic heterocycles. The van der Waals surface area contributed by atoms with Gasteiger partial charge in [0.05, 0.1) is 0 Å². The summed E-state index contributed by atoms with van der Waals surface area (Å²) in [7, 11) is 0. The highest BCUT2D eigenvalue weighted by Crippen LogP contribution is 2.14. The zero-order valence-electron chi connectivity index (χ0n) is 8.78. The predicted molar refractivity (Wildman–Crippen MR) is 58.8 cm³/mol. The third-order valence-electron chi connectivity index (χ3n) is 2.89. The first-order chi connectivity index (χ1) is 7.22. The van der Waals surface area contributed by atoms with Crippen molar-refractivity contribution in [3.05, 3.63) is 24.4 Å². The molecule has 2 aliphatic heterocycles. The Morgan fingerprint density at radius 2 is 2.00 bits per heavy atom. The molecule has 3 N–H and O–H groups in total. The van der Waals surface area contributed by atoms with Crippen LogP contribution in [0.15, 0.2) is 24.4 Å². The van der Waals surface area contributed by atoms with Gasteiger partial charge in [-0.15, -0.1) is 0 Å². The van der Waals surface area contributed by atoms with E-state index in [1.54, 1.807) is 18.4 Å². The van der Waals surface area contributed by atoms with E-state index in [9.17, 15) is 4.79 Å². The summed E-state index contributed by atoms with van der Waals surface area (Å²) in [5.74, 6) is -0.0252. The minimum atomic E-state index is -1.04. The van der Waals surface area contributed by atoms with E-state index in [-0.39, 0.29) is 5.91 Å². The Bertz CT molecular complexity index is 305. The lowest BCUT2D eigenvalue weighted by Gasteiger charge is -2.35. The zero-order chi connectivity index (χ0) is 10.7. The maximum atomic E-state index is 12.1. The number of amides is 1. The van der Waals surface area contributed by atoms with E-state index in [1.165, 1.54) is 6.42 Å². The van der Waals surface area contributed by atoms with E-state index < -0.39 is 5.66 Å². The average molecular weight is 207 g/mol. The molecule has 0 saturated carbocycles. The fourth-order valence-electron chi connectivity index (χ4n) is 1.99. The number of allylic oxidation sites excluding steroid dienone is 2. The summed E-state index contributed by atoms with van der Waals surface area (Å²) in [6, 6.07) is 0. The van der Waals surface area contributed by atoms with Crippen molar-refractivity contribution in [2.24, 2.45) is 5.73 Å². The Labute approximate surface area is 89.8 Å². The van der Waals surface area contributed by atoms with Gasteiger partial charge < -0.3 is 10.2 Å². The third kappa shape index (κ3) is 2.04. The van der Waals surface area contributed by atoms with Crippen LogP contribution < -0.4 is 11.1 Å². The first kappa shape index (κ1) is 10.2. The fourth-order valence-corrected chi connectivity index (χ4v) is 1.99. The maximum absolute atomic E-state index is 12.1. The summed E-state index contributed by atoms with van der Waals surface area (Å²) in [5.41, 5.74) is 4.96. The first-order valence-electron chi connectivity index (χ1n) is 5.43. The van der Waals surface area contributed by atoms with E-state index >= 15 is 0 Å². The van der Waals surface area contributed by atoms with Gasteiger partial charge in [-0.05, 0) is 37.6 Å². The van der Waals surface area contributed by atoms with E-state index in [0.717, 1.165) is 25.9 Å². The average Bonchev–Trinajstić information content (AvgIpc) is 2.30. The Morgan fingerprint density at radius 3 is 2.60 bits per heavy atom. The normalized spacial score (nSPS) is 30.1. The second-order valence-corrected chi connectivity index (χ2v) is 4.08. The number of nitrogens with two attached hydrogens (primary N) is 1. The van der Waals surface area contributed by atoms with Crippen LogP contribution in [-0.4, -0.2) is 29.6 Å². The number of rotatable bonds is 1. The zero-order valence-corrected chi connectivity index (χ0v) is 8.78. The number of carbonyl (C=O) groups is 1. The standard InChI is InChI=1S/C11H17N3O/c12-11(6-2-3-7-13-11)10(15)14-8-4-1-5-9-14/h2-3,6-7,13H,1,4-5,8-9,12H2. The SMILES string of the molecule is NC1(C(=O)N2CCCCC2)C=CC=CN1. The summed E-state index contributed by atoms with van der Waals surface area (Å²) < 4.78 is 0. The Balaban J connectivity index is 2.05. The number of hydrogen-bond donors (Lipinski definition) is 2. The van der Waals surface area contributed by atoms with Crippen molar-refractivity contribution in [1.82, 2.24) is 10.2 Å². The second kappa shape index (κ2) is 4.06. The number of hydrogen-bond acceptors (Lipinski definition) is 3. The van der Waals surface area contributed by atoms with Crippen molar-refractivity contribution >= 4 is 5.91 Å². The van der Waals surface area contributed by atoms with Gasteiger partial charge in [-0.2, -0.15) is 0 Å². The molecular formula is C11H17N3O. The van der Waals surface area contributed by atoms with Gasteiger partial charge in [-0.3, -0.25) is 10.5 Å². The van der Waals surface area contributed by atoms with Crippen LogP contribution in [0.1, 0.15) is 19.3 Å². The quantitative estimate of drug-likeness (QED) is 0.651. The minimum Gasteiger partial charge on any atom is -0.363 e. The largest absolute Gasteiger partial charge is 0.363 e. The van der Waals surface area contributed by atoms with Gasteiger partial charge in [-0.1, -0.05) is 6.08 Å². The lowest BCUT2D eigenvalue weighted by Crippen LogP contribution is -2.62. The van der Waals surface area contributed by atoms with Gasteiger partial charge in [0.15, 0.2) is 5.66 Å². The lowest BCUT2D eigenvalue weighted by atomic mass is 10.0. The van der Waals surface area contributed by atoms with E-state index in [4.69, 9.17) is 5.73 Å². The second-order valence-electron chi connectivity index (χ2n) is 4.08. The summed E-state index contributed by atoms with van der Waals surface area (Å²) in [6.45, 7) is 1.66. The number of piperidine rings is 1. The van der Waals surface area contributed by atoms with Crippen LogP contribution in [0.4, 0.5) is 0 Å². The van der Waals surface area contributed by atoms with Crippen molar-refractivity contribution in [1.29, 1.82) is 0 Å². The number of nitrogens with zero attached hydrogens (tertiary/aromatic N) is 1. The molecule has 1 atom stereocenters. The minimum absolute atomic E-state index is 0.0252. The van der Waals surface area contributed by atoms with E-state index in [2.05, 4.69) is 5.32 Å². The van der Waals surface area contributed by atoms with Crippen molar-refractivity contribution in [3.63, 3.8) is 0 Å². The van der Waals surface area contributed by atoms with Crippen molar-refractivity contribution < 1.29 is 4.79 Å². The van der Waals surface area contributed by atoms with Crippen molar-refractivity contribution in [2.75, 3.05) is 13.1 Å². The highest BCUT2D eigenvalue weighted by molar-refractivity contribution is 5.88. The van der Waals surface area contributed by atoms with Gasteiger partial charge in [0.2, 0.25) is 0 Å². The number of dihydropyridines is 1. The Hall–Kier alpha value is -1.29. The highest BCUT2D eigenvalue weighted by Gasteiger charge is 2.35. The van der Waals surface area contributed by atoms with Gasteiger partial charge in [0, 0.05) is 13.1 Å². The smallest absolute Gasteiger partial charge is 0.267 e. The van der Waals surface area contributed by atoms with Gasteiger partial charge in [-0.25, -0.2) is 0 Å². The van der Waals surface area contributed by atoms with Gasteiger partial charge >= 0.3 is 0 Å². The van der Waals surface area contributed by atoms with Crippen LogP contribution in [-0.2, 0) is 4.79 Å². The Morgan fingerprint density at radius 1 is 1.27 bits per heavy atom. The molecule has 1 saturated heterocycles. The molecule has 82 valence electrons. The Kier molecular flexibility index (Phi) is 2.77. The monoisotopic (exact) mass is 207 g/mol. The molecule has 2 heterocycles. The molecule has 4 nitrogen and oxygen atoms in total. The molecule has 1 fully saturated rings. The van der Waals surface area contributed by atoms with Gasteiger partial charge in [0.1, 0.15) is 0 Å². The molecule has 0 spiro atoms. The summed E-state index contributed by atoms with van der Waals surface area (Å²) in [5, 5.41) is 2.91. The van der Waals surface area contributed by atoms with Crippen LogP contribution in [0.25, 0.3) is 0 Å². The van der Waals surface area contributed by atoms with E-state index in [0.29, 0.717) is 0 Å². The topological polar surface area (TPSA) is 58.4 Å². The van der Waals surface area contributed by atoms with Crippen LogP contribution in [0.5, 0.6) is 0 Å². The summed E-state index contributed by atoms with van der Waals surface area (Å²) >= 11 is 0. The van der Waals surface area contributed by atoms with Crippen LogP contribution in [0.3, 0.4) is 0 Å². The molecular weight excluding hydrogens is 190 g/mol. The molecule has 0 radical (unpaired) electrons. The third-order valence-corrected chi connectivity index (χ3v) is 2.89. The van der Waals surface area contributed by atoms with Crippen LogP contribution in [0, 0.1) is 0 Å². The molecule has 1 amide bonds. The van der Waals surface area contributed by atoms with Crippen LogP contribution in [0.2, 0.25) is 0 Å². The maximum Gasteiger partial charge on any atom is 0.267 e. The number of nitrogens with one attached hydrogen (secondary N) is 1. The molecule has 0 aliphatic carbocycles. The van der Waals surface area contributed by atoms with Gasteiger partial charge in [0.25, 0.3) is 5.91 Å². The van der Waals surface area contributed by atoms with E-state index in [1.807, 2.05) is 11.0 Å². The molecule has 0 aromatic rings. The highest BCUT2D eigenvalue weighted by atomic mass is 16.2. The molecule has 0 aromatic carbocycles. The van der Waals surface area contributed by atoms with Crippen LogP contribution >= 0.6 is 0 Å². The number of carbonyl (C=O) groups excluding carboxylic acids is 1. The molecule has 4 heteroatoms. The summed E-state index contributed by atoms with van der Waals surface area (Å²) in [4.78, 5) is 14.0. The molecule has 0 bridgehead atoms. The lowest BCUT2D eigenvalue weighted by molar-refractivity contribution is -0.136.